The van der Waals surface area contributed by atoms with Gasteiger partial charge in [0.05, 0.1) is 16.7 Å². The molecule has 2 N–H and O–H groups in total. The second-order valence-corrected chi connectivity index (χ2v) is 8.31. The van der Waals surface area contributed by atoms with Gasteiger partial charge in [-0.1, -0.05) is 12.1 Å². The van der Waals surface area contributed by atoms with Crippen molar-refractivity contribution in [1.82, 2.24) is 15.0 Å². The number of benzene rings is 2. The van der Waals surface area contributed by atoms with Crippen LogP contribution in [-0.2, 0) is 0 Å². The summed E-state index contributed by atoms with van der Waals surface area (Å²) in [6.45, 7) is 1.67. The molecule has 5 rings (SSSR count). The number of anilines is 4. The fourth-order valence-corrected chi connectivity index (χ4v) is 3.93. The van der Waals surface area contributed by atoms with Gasteiger partial charge < -0.3 is 14.6 Å². The fourth-order valence-electron chi connectivity index (χ4n) is 3.93. The summed E-state index contributed by atoms with van der Waals surface area (Å²) in [6.07, 6.45) is 4.69. The Morgan fingerprint density at radius 1 is 0.973 bits per heavy atom. The second kappa shape index (κ2) is 10.8. The van der Waals surface area contributed by atoms with E-state index in [1.54, 1.807) is 42.5 Å². The predicted octanol–water partition coefficient (Wildman–Crippen LogP) is 5.36. The average Bonchev–Trinajstić information content (AvgIpc) is 3.39. The zero-order valence-electron chi connectivity index (χ0n) is 19.7. The van der Waals surface area contributed by atoms with E-state index in [0.717, 1.165) is 32.4 Å². The van der Waals surface area contributed by atoms with Gasteiger partial charge in [0, 0.05) is 24.8 Å². The summed E-state index contributed by atoms with van der Waals surface area (Å²) < 4.78 is 19.0. The molecule has 1 fully saturated rings. The Labute approximate surface area is 211 Å². The van der Waals surface area contributed by atoms with E-state index in [-0.39, 0.29) is 23.4 Å². The Morgan fingerprint density at radius 3 is 2.51 bits per heavy atom. The van der Waals surface area contributed by atoms with E-state index in [9.17, 15) is 14.5 Å². The highest BCUT2D eigenvalue weighted by Gasteiger charge is 2.18. The molecule has 1 aliphatic heterocycles. The first-order valence-electron chi connectivity index (χ1n) is 11.7. The molecule has 1 saturated heterocycles. The van der Waals surface area contributed by atoms with Crippen LogP contribution in [0, 0.1) is 15.9 Å². The van der Waals surface area contributed by atoms with E-state index in [2.05, 4.69) is 35.7 Å². The minimum absolute atomic E-state index is 0.0462. The summed E-state index contributed by atoms with van der Waals surface area (Å²) in [5, 5.41) is 18.6. The van der Waals surface area contributed by atoms with Gasteiger partial charge in [0.15, 0.2) is 0 Å². The molecule has 1 aliphatic rings. The Hall–Kier alpha value is -4.87. The van der Waals surface area contributed by atoms with Gasteiger partial charge in [0.1, 0.15) is 17.3 Å². The summed E-state index contributed by atoms with van der Waals surface area (Å²) in [6, 6.07) is 15.5. The number of halogens is 1. The van der Waals surface area contributed by atoms with Crippen LogP contribution in [0.1, 0.15) is 25.0 Å². The third kappa shape index (κ3) is 5.86. The smallest absolute Gasteiger partial charge is 0.280 e. The number of aromatic nitrogens is 3. The molecule has 0 saturated carbocycles. The number of para-hydroxylation sites is 1. The molecule has 0 spiro atoms. The van der Waals surface area contributed by atoms with Crippen molar-refractivity contribution >= 4 is 35.4 Å². The van der Waals surface area contributed by atoms with E-state index in [1.165, 1.54) is 24.4 Å². The summed E-state index contributed by atoms with van der Waals surface area (Å²) in [5.74, 6) is 1.41. The lowest BCUT2D eigenvalue weighted by molar-refractivity contribution is -0.384. The van der Waals surface area contributed by atoms with Crippen molar-refractivity contribution < 1.29 is 13.7 Å². The molecule has 0 atom stereocenters. The van der Waals surface area contributed by atoms with Crippen LogP contribution in [0.5, 0.6) is 0 Å². The molecular weight excluding hydrogens is 479 g/mol. The molecule has 0 amide bonds. The third-order valence-corrected chi connectivity index (χ3v) is 5.71. The first-order valence-corrected chi connectivity index (χ1v) is 11.7. The van der Waals surface area contributed by atoms with Gasteiger partial charge in [-0.05, 0) is 61.7 Å². The van der Waals surface area contributed by atoms with E-state index in [4.69, 9.17) is 4.42 Å². The standard InChI is InChI=1S/C25H23FN8O3/c26-17-8-10-18(11-9-17)28-23-29-24(31-25(30-23)33-14-4-1-5-15-33)32-27-16-19-12-13-22(37-19)20-6-2-3-7-21(20)34(35)36/h2-3,6-13,16H,1,4-5,14-15H2,(H2,28,29,30,31,32)/b27-16+. The number of furan rings is 1. The van der Waals surface area contributed by atoms with Crippen LogP contribution < -0.4 is 15.6 Å². The van der Waals surface area contributed by atoms with Crippen LogP contribution in [0.4, 0.5) is 33.6 Å². The molecule has 2 aromatic heterocycles. The molecule has 0 aliphatic carbocycles. The van der Waals surface area contributed by atoms with Gasteiger partial charge in [-0.25, -0.2) is 9.82 Å². The van der Waals surface area contributed by atoms with E-state index >= 15 is 0 Å². The average molecular weight is 503 g/mol. The molecule has 0 radical (unpaired) electrons. The fraction of sp³-hybridized carbons (Fsp3) is 0.200. The number of hydrogen-bond acceptors (Lipinski definition) is 10. The first-order chi connectivity index (χ1) is 18.0. The molecule has 188 valence electrons. The molecule has 2 aromatic carbocycles. The number of rotatable bonds is 8. The van der Waals surface area contributed by atoms with Crippen molar-refractivity contribution in [2.24, 2.45) is 5.10 Å². The zero-order valence-corrected chi connectivity index (χ0v) is 19.7. The highest BCUT2D eigenvalue weighted by atomic mass is 19.1. The van der Waals surface area contributed by atoms with Gasteiger partial charge >= 0.3 is 0 Å². The maximum Gasteiger partial charge on any atom is 0.280 e. The Bertz CT molecular complexity index is 1420. The van der Waals surface area contributed by atoms with Crippen LogP contribution in [0.2, 0.25) is 0 Å². The maximum atomic E-state index is 13.3. The highest BCUT2D eigenvalue weighted by molar-refractivity contribution is 5.79. The van der Waals surface area contributed by atoms with Gasteiger partial charge in [-0.15, -0.1) is 0 Å². The molecule has 0 unspecified atom stereocenters. The second-order valence-electron chi connectivity index (χ2n) is 8.31. The molecule has 3 heterocycles. The number of piperidine rings is 1. The van der Waals surface area contributed by atoms with Crippen molar-refractivity contribution in [3.63, 3.8) is 0 Å². The summed E-state index contributed by atoms with van der Waals surface area (Å²) in [7, 11) is 0. The normalized spacial score (nSPS) is 13.6. The van der Waals surface area contributed by atoms with Crippen molar-refractivity contribution in [3.8, 4) is 11.3 Å². The van der Waals surface area contributed by atoms with Crippen molar-refractivity contribution in [1.29, 1.82) is 0 Å². The number of nitro benzene ring substituents is 1. The van der Waals surface area contributed by atoms with Crippen LogP contribution in [-0.4, -0.2) is 39.2 Å². The Kier molecular flexibility index (Phi) is 6.97. The van der Waals surface area contributed by atoms with Crippen molar-refractivity contribution in [3.05, 3.63) is 82.4 Å². The first kappa shape index (κ1) is 23.9. The lowest BCUT2D eigenvalue weighted by atomic mass is 10.1. The highest BCUT2D eigenvalue weighted by Crippen LogP contribution is 2.30. The zero-order chi connectivity index (χ0) is 25.6. The third-order valence-electron chi connectivity index (χ3n) is 5.71. The lowest BCUT2D eigenvalue weighted by Gasteiger charge is -2.26. The summed E-state index contributed by atoms with van der Waals surface area (Å²) in [4.78, 5) is 26.4. The predicted molar refractivity (Wildman–Crippen MR) is 138 cm³/mol. The Morgan fingerprint density at radius 2 is 1.73 bits per heavy atom. The van der Waals surface area contributed by atoms with Gasteiger partial charge in [0.2, 0.25) is 17.8 Å². The number of hydrogen-bond donors (Lipinski definition) is 2. The van der Waals surface area contributed by atoms with Crippen LogP contribution in [0.25, 0.3) is 11.3 Å². The minimum atomic E-state index is -0.453. The van der Waals surface area contributed by atoms with Gasteiger partial charge in [0.25, 0.3) is 5.69 Å². The quantitative estimate of drug-likeness (QED) is 0.185. The molecular formula is C25H23FN8O3. The lowest BCUT2D eigenvalue weighted by Crippen LogP contribution is -2.31. The molecule has 4 aromatic rings. The molecule has 12 heteroatoms. The van der Waals surface area contributed by atoms with Crippen LogP contribution >= 0.6 is 0 Å². The SMILES string of the molecule is O=[N+]([O-])c1ccccc1-c1ccc(/C=N/Nc2nc(Nc3ccc(F)cc3)nc(N3CCCCC3)n2)o1. The molecule has 37 heavy (non-hydrogen) atoms. The maximum absolute atomic E-state index is 13.3. The number of nitrogens with one attached hydrogen (secondary N) is 2. The van der Waals surface area contributed by atoms with Crippen LogP contribution in [0.3, 0.4) is 0 Å². The van der Waals surface area contributed by atoms with Crippen molar-refractivity contribution in [2.45, 2.75) is 19.3 Å². The van der Waals surface area contributed by atoms with Gasteiger partial charge in [-0.2, -0.15) is 20.1 Å². The van der Waals surface area contributed by atoms with Gasteiger partial charge in [-0.3, -0.25) is 10.1 Å². The number of nitrogens with zero attached hydrogens (tertiary/aromatic N) is 6. The summed E-state index contributed by atoms with van der Waals surface area (Å²) in [5.41, 5.74) is 3.76. The van der Waals surface area contributed by atoms with E-state index < -0.39 is 4.92 Å². The Balaban J connectivity index is 1.35. The van der Waals surface area contributed by atoms with Crippen molar-refractivity contribution in [2.75, 3.05) is 28.7 Å². The molecule has 11 nitrogen and oxygen atoms in total. The monoisotopic (exact) mass is 502 g/mol. The number of nitro groups is 1. The van der Waals surface area contributed by atoms with E-state index in [1.807, 2.05) is 0 Å². The van der Waals surface area contributed by atoms with Crippen LogP contribution in [0.15, 0.2) is 70.2 Å². The topological polar surface area (TPSA) is 135 Å². The minimum Gasteiger partial charge on any atom is -0.455 e. The molecule has 0 bridgehead atoms. The summed E-state index contributed by atoms with van der Waals surface area (Å²) >= 11 is 0. The van der Waals surface area contributed by atoms with E-state index in [0.29, 0.717) is 28.7 Å². The number of hydrazone groups is 1. The largest absolute Gasteiger partial charge is 0.455 e.